The number of benzene rings is 2. The number of hydrogen-bond acceptors (Lipinski definition) is 5. The van der Waals surface area contributed by atoms with Crippen molar-refractivity contribution in [2.75, 3.05) is 13.3 Å². The fourth-order valence-electron chi connectivity index (χ4n) is 2.89. The molecule has 0 spiro atoms. The third-order valence-corrected chi connectivity index (χ3v) is 5.26. The van der Waals surface area contributed by atoms with Gasteiger partial charge in [0.05, 0.1) is 5.69 Å². The first-order valence-electron chi connectivity index (χ1n) is 9.04. The molecule has 0 atom stereocenters. The van der Waals surface area contributed by atoms with Gasteiger partial charge in [-0.15, -0.1) is 11.3 Å². The van der Waals surface area contributed by atoms with E-state index in [0.717, 1.165) is 27.6 Å². The van der Waals surface area contributed by atoms with Crippen LogP contribution in [-0.4, -0.2) is 24.2 Å². The quantitative estimate of drug-likeness (QED) is 0.638. The van der Waals surface area contributed by atoms with E-state index in [1.54, 1.807) is 17.4 Å². The van der Waals surface area contributed by atoms with E-state index >= 15 is 0 Å². The van der Waals surface area contributed by atoms with Gasteiger partial charge in [-0.3, -0.25) is 4.79 Å². The summed E-state index contributed by atoms with van der Waals surface area (Å²) < 4.78 is 10.6. The average Bonchev–Trinajstić information content (AvgIpc) is 3.35. The molecule has 1 aliphatic rings. The van der Waals surface area contributed by atoms with Crippen molar-refractivity contribution >= 4 is 23.3 Å². The van der Waals surface area contributed by atoms with Crippen molar-refractivity contribution in [1.29, 1.82) is 0 Å². The molecule has 0 aliphatic carbocycles. The van der Waals surface area contributed by atoms with E-state index in [0.29, 0.717) is 18.7 Å². The van der Waals surface area contributed by atoms with Crippen LogP contribution in [0.1, 0.15) is 16.8 Å². The number of hydrogen-bond donors (Lipinski definition) is 1. The van der Waals surface area contributed by atoms with Crippen LogP contribution >= 0.6 is 11.3 Å². The minimum Gasteiger partial charge on any atom is -0.454 e. The zero-order valence-electron chi connectivity index (χ0n) is 15.5. The normalized spacial score (nSPS) is 12.5. The summed E-state index contributed by atoms with van der Waals surface area (Å²) in [5.41, 5.74) is 4.23. The summed E-state index contributed by atoms with van der Waals surface area (Å²) in [6.45, 7) is 2.86. The van der Waals surface area contributed by atoms with Crippen LogP contribution in [0.2, 0.25) is 0 Å². The van der Waals surface area contributed by atoms with Gasteiger partial charge in [-0.2, -0.15) is 0 Å². The predicted molar refractivity (Wildman–Crippen MR) is 111 cm³/mol. The van der Waals surface area contributed by atoms with Crippen LogP contribution < -0.4 is 14.8 Å². The predicted octanol–water partition coefficient (Wildman–Crippen LogP) is 4.22. The fraction of sp³-hybridized carbons (Fsp3) is 0.182. The number of fused-ring (bicyclic) bond motifs is 1. The lowest BCUT2D eigenvalue weighted by Gasteiger charge is -2.01. The van der Waals surface area contributed by atoms with Gasteiger partial charge < -0.3 is 14.8 Å². The summed E-state index contributed by atoms with van der Waals surface area (Å²) in [7, 11) is 0. The number of thiazole rings is 1. The van der Waals surface area contributed by atoms with Crippen molar-refractivity contribution in [3.05, 3.63) is 70.7 Å². The van der Waals surface area contributed by atoms with Crippen molar-refractivity contribution in [3.63, 3.8) is 0 Å². The standard InChI is InChI=1S/C22H20N2O3S/c1-15-3-2-4-17(11-15)22-24-18(13-28-22)9-10-23-21(25)8-6-16-5-7-19-20(12-16)27-14-26-19/h2-8,11-13H,9-10,14H2,1H3,(H,23,25). The molecule has 142 valence electrons. The number of amides is 1. The van der Waals surface area contributed by atoms with Gasteiger partial charge in [-0.05, 0) is 36.8 Å². The Morgan fingerprint density at radius 2 is 2.11 bits per heavy atom. The lowest BCUT2D eigenvalue weighted by atomic mass is 10.1. The molecular formula is C22H20N2O3S. The molecule has 2 aromatic carbocycles. The molecule has 1 N–H and O–H groups in total. The number of ether oxygens (including phenoxy) is 2. The maximum atomic E-state index is 12.0. The van der Waals surface area contributed by atoms with Crippen LogP contribution in [0.3, 0.4) is 0 Å². The topological polar surface area (TPSA) is 60.5 Å². The maximum Gasteiger partial charge on any atom is 0.244 e. The number of carbonyl (C=O) groups excluding carboxylic acids is 1. The zero-order valence-corrected chi connectivity index (χ0v) is 16.3. The molecule has 0 bridgehead atoms. The monoisotopic (exact) mass is 392 g/mol. The van der Waals surface area contributed by atoms with Gasteiger partial charge in [0.2, 0.25) is 12.7 Å². The van der Waals surface area contributed by atoms with E-state index in [2.05, 4.69) is 35.4 Å². The van der Waals surface area contributed by atoms with Gasteiger partial charge >= 0.3 is 0 Å². The summed E-state index contributed by atoms with van der Waals surface area (Å²) in [6.07, 6.45) is 3.98. The minimum absolute atomic E-state index is 0.133. The van der Waals surface area contributed by atoms with Crippen molar-refractivity contribution in [2.45, 2.75) is 13.3 Å². The van der Waals surface area contributed by atoms with Gasteiger partial charge in [-0.1, -0.05) is 29.8 Å². The highest BCUT2D eigenvalue weighted by Gasteiger charge is 2.12. The van der Waals surface area contributed by atoms with Crippen LogP contribution in [0.25, 0.3) is 16.6 Å². The molecule has 5 nitrogen and oxygen atoms in total. The molecular weight excluding hydrogens is 372 g/mol. The molecule has 0 saturated carbocycles. The van der Waals surface area contributed by atoms with E-state index in [4.69, 9.17) is 9.47 Å². The fourth-order valence-corrected chi connectivity index (χ4v) is 3.75. The number of aromatic nitrogens is 1. The Bertz CT molecular complexity index is 1030. The summed E-state index contributed by atoms with van der Waals surface area (Å²) >= 11 is 1.63. The first-order valence-corrected chi connectivity index (χ1v) is 9.92. The van der Waals surface area contributed by atoms with Gasteiger partial charge in [-0.25, -0.2) is 4.98 Å². The number of nitrogens with one attached hydrogen (secondary N) is 1. The van der Waals surface area contributed by atoms with E-state index < -0.39 is 0 Å². The molecule has 1 aliphatic heterocycles. The Hall–Kier alpha value is -3.12. The van der Waals surface area contributed by atoms with Crippen LogP contribution in [0.5, 0.6) is 11.5 Å². The highest BCUT2D eigenvalue weighted by Crippen LogP contribution is 2.32. The summed E-state index contributed by atoms with van der Waals surface area (Å²) in [6, 6.07) is 13.9. The van der Waals surface area contributed by atoms with E-state index in [1.165, 1.54) is 11.6 Å². The largest absolute Gasteiger partial charge is 0.454 e. The molecule has 2 heterocycles. The average molecular weight is 392 g/mol. The summed E-state index contributed by atoms with van der Waals surface area (Å²) in [5.74, 6) is 1.30. The summed E-state index contributed by atoms with van der Waals surface area (Å²) in [5, 5.41) is 5.95. The van der Waals surface area contributed by atoms with Crippen LogP contribution in [0.4, 0.5) is 0 Å². The molecule has 1 aromatic heterocycles. The molecule has 0 fully saturated rings. The highest BCUT2D eigenvalue weighted by atomic mass is 32.1. The second kappa shape index (κ2) is 8.27. The third-order valence-electron chi connectivity index (χ3n) is 4.32. The minimum atomic E-state index is -0.133. The lowest BCUT2D eigenvalue weighted by Crippen LogP contribution is -2.23. The second-order valence-electron chi connectivity index (χ2n) is 6.50. The van der Waals surface area contributed by atoms with Gasteiger partial charge in [0.25, 0.3) is 0 Å². The molecule has 0 unspecified atom stereocenters. The SMILES string of the molecule is Cc1cccc(-c2nc(CCNC(=O)C=Cc3ccc4c(c3)OCO4)cs2)c1. The molecule has 4 rings (SSSR count). The maximum absolute atomic E-state index is 12.0. The van der Waals surface area contributed by atoms with Gasteiger partial charge in [0, 0.05) is 30.0 Å². The summed E-state index contributed by atoms with van der Waals surface area (Å²) in [4.78, 5) is 16.7. The van der Waals surface area contributed by atoms with Crippen LogP contribution in [-0.2, 0) is 11.2 Å². The molecule has 0 saturated heterocycles. The van der Waals surface area contributed by atoms with Crippen molar-refractivity contribution in [2.24, 2.45) is 0 Å². The number of aryl methyl sites for hydroxylation is 1. The Morgan fingerprint density at radius 3 is 3.00 bits per heavy atom. The van der Waals surface area contributed by atoms with Crippen molar-refractivity contribution in [3.8, 4) is 22.1 Å². The smallest absolute Gasteiger partial charge is 0.244 e. The van der Waals surface area contributed by atoms with E-state index in [1.807, 2.05) is 29.6 Å². The molecule has 3 aromatic rings. The van der Waals surface area contributed by atoms with E-state index in [9.17, 15) is 4.79 Å². The lowest BCUT2D eigenvalue weighted by molar-refractivity contribution is -0.116. The molecule has 28 heavy (non-hydrogen) atoms. The van der Waals surface area contributed by atoms with Crippen LogP contribution in [0, 0.1) is 6.92 Å². The Morgan fingerprint density at radius 1 is 1.21 bits per heavy atom. The highest BCUT2D eigenvalue weighted by molar-refractivity contribution is 7.13. The van der Waals surface area contributed by atoms with Crippen LogP contribution in [0.15, 0.2) is 53.9 Å². The second-order valence-corrected chi connectivity index (χ2v) is 7.36. The molecule has 0 radical (unpaired) electrons. The first kappa shape index (κ1) is 18.3. The Kier molecular flexibility index (Phi) is 5.39. The zero-order chi connectivity index (χ0) is 19.3. The number of rotatable bonds is 6. The van der Waals surface area contributed by atoms with Gasteiger partial charge in [0.15, 0.2) is 11.5 Å². The molecule has 1 amide bonds. The van der Waals surface area contributed by atoms with E-state index in [-0.39, 0.29) is 12.7 Å². The van der Waals surface area contributed by atoms with Crippen molar-refractivity contribution in [1.82, 2.24) is 10.3 Å². The molecule has 6 heteroatoms. The van der Waals surface area contributed by atoms with Crippen molar-refractivity contribution < 1.29 is 14.3 Å². The number of nitrogens with zero attached hydrogens (tertiary/aromatic N) is 1. The Balaban J connectivity index is 1.27. The Labute approximate surface area is 167 Å². The third kappa shape index (κ3) is 4.40. The first-order chi connectivity index (χ1) is 13.7. The van der Waals surface area contributed by atoms with Gasteiger partial charge in [0.1, 0.15) is 5.01 Å². The number of carbonyl (C=O) groups is 1.